The fourth-order valence-electron chi connectivity index (χ4n) is 6.58. The Morgan fingerprint density at radius 1 is 0.903 bits per heavy atom. The zero-order valence-electron chi connectivity index (χ0n) is 18.6. The second kappa shape index (κ2) is 8.47. The third-order valence-corrected chi connectivity index (χ3v) is 8.80. The van der Waals surface area contributed by atoms with E-state index < -0.39 is 11.5 Å². The number of hydrogen-bond acceptors (Lipinski definition) is 5. The molecule has 2 N–H and O–H groups in total. The number of ketones is 1. The summed E-state index contributed by atoms with van der Waals surface area (Å²) >= 11 is 0. The standard InChI is InChI=1S/C24H37N3O4/c28-21-14-16(18-13-17-3-1-2-4-20(17)25-15-18)5-6-19(21)22(29)26-9-11-27(12-10-26)23(30)24(31)7-8-24/h16-20,25,31H,1-15H2. The van der Waals surface area contributed by atoms with Gasteiger partial charge in [0.2, 0.25) is 5.91 Å². The summed E-state index contributed by atoms with van der Waals surface area (Å²) in [7, 11) is 0. The van der Waals surface area contributed by atoms with Gasteiger partial charge in [-0.3, -0.25) is 14.4 Å². The molecule has 2 heterocycles. The number of piperazine rings is 1. The van der Waals surface area contributed by atoms with Gasteiger partial charge in [0.25, 0.3) is 5.91 Å². The zero-order chi connectivity index (χ0) is 21.6. The second-order valence-corrected chi connectivity index (χ2v) is 10.8. The van der Waals surface area contributed by atoms with Crippen LogP contribution in [-0.4, -0.2) is 76.9 Å². The largest absolute Gasteiger partial charge is 0.380 e. The molecule has 5 rings (SSSR count). The highest BCUT2D eigenvalue weighted by Crippen LogP contribution is 2.41. The predicted molar refractivity (Wildman–Crippen MR) is 115 cm³/mol. The van der Waals surface area contributed by atoms with Crippen LogP contribution in [0.2, 0.25) is 0 Å². The van der Waals surface area contributed by atoms with Crippen molar-refractivity contribution in [3.63, 3.8) is 0 Å². The van der Waals surface area contributed by atoms with Gasteiger partial charge in [0.15, 0.2) is 0 Å². The third kappa shape index (κ3) is 4.28. The van der Waals surface area contributed by atoms with Gasteiger partial charge in [-0.15, -0.1) is 0 Å². The first kappa shape index (κ1) is 21.4. The van der Waals surface area contributed by atoms with Gasteiger partial charge in [0.05, 0.1) is 5.92 Å². The molecule has 5 unspecified atom stereocenters. The summed E-state index contributed by atoms with van der Waals surface area (Å²) < 4.78 is 0. The van der Waals surface area contributed by atoms with E-state index in [0.717, 1.165) is 18.9 Å². The first-order chi connectivity index (χ1) is 14.9. The van der Waals surface area contributed by atoms with Crippen molar-refractivity contribution in [3.05, 3.63) is 0 Å². The van der Waals surface area contributed by atoms with Crippen molar-refractivity contribution in [1.82, 2.24) is 15.1 Å². The van der Waals surface area contributed by atoms with Gasteiger partial charge in [-0.25, -0.2) is 0 Å². The Bertz CT molecular complexity index is 728. The highest BCUT2D eigenvalue weighted by atomic mass is 16.3. The number of carbonyl (C=O) groups is 3. The van der Waals surface area contributed by atoms with Gasteiger partial charge >= 0.3 is 0 Å². The Kier molecular flexibility index (Phi) is 5.84. The van der Waals surface area contributed by atoms with E-state index in [0.29, 0.717) is 69.7 Å². The van der Waals surface area contributed by atoms with Crippen LogP contribution in [-0.2, 0) is 14.4 Å². The maximum atomic E-state index is 13.1. The molecular weight excluding hydrogens is 394 g/mol. The van der Waals surface area contributed by atoms with E-state index in [2.05, 4.69) is 5.32 Å². The molecule has 2 saturated heterocycles. The van der Waals surface area contributed by atoms with Crippen LogP contribution in [0.5, 0.6) is 0 Å². The molecule has 5 fully saturated rings. The second-order valence-electron chi connectivity index (χ2n) is 10.8. The molecular formula is C24H37N3O4. The van der Waals surface area contributed by atoms with Crippen molar-refractivity contribution in [2.24, 2.45) is 23.7 Å². The lowest BCUT2D eigenvalue weighted by molar-refractivity contribution is -0.151. The Morgan fingerprint density at radius 3 is 2.32 bits per heavy atom. The fourth-order valence-corrected chi connectivity index (χ4v) is 6.58. The van der Waals surface area contributed by atoms with Crippen LogP contribution in [0.3, 0.4) is 0 Å². The van der Waals surface area contributed by atoms with E-state index in [-0.39, 0.29) is 17.6 Å². The van der Waals surface area contributed by atoms with Gasteiger partial charge in [0, 0.05) is 38.6 Å². The lowest BCUT2D eigenvalue weighted by atomic mass is 9.68. The molecule has 3 saturated carbocycles. The zero-order valence-corrected chi connectivity index (χ0v) is 18.6. The van der Waals surface area contributed by atoms with Crippen molar-refractivity contribution in [3.8, 4) is 0 Å². The number of aliphatic hydroxyl groups is 1. The van der Waals surface area contributed by atoms with Crippen LogP contribution in [0.4, 0.5) is 0 Å². The number of hydrogen-bond donors (Lipinski definition) is 2. The smallest absolute Gasteiger partial charge is 0.254 e. The maximum Gasteiger partial charge on any atom is 0.254 e. The monoisotopic (exact) mass is 431 g/mol. The molecule has 3 aliphatic carbocycles. The highest BCUT2D eigenvalue weighted by Gasteiger charge is 2.50. The molecule has 7 nitrogen and oxygen atoms in total. The average Bonchev–Trinajstić information content (AvgIpc) is 3.56. The third-order valence-electron chi connectivity index (χ3n) is 8.80. The minimum Gasteiger partial charge on any atom is -0.380 e. The van der Waals surface area contributed by atoms with E-state index in [4.69, 9.17) is 0 Å². The van der Waals surface area contributed by atoms with Gasteiger partial charge < -0.3 is 20.2 Å². The van der Waals surface area contributed by atoms with Crippen molar-refractivity contribution >= 4 is 17.6 Å². The number of amides is 2. The molecule has 0 aromatic rings. The molecule has 5 atom stereocenters. The summed E-state index contributed by atoms with van der Waals surface area (Å²) in [5.41, 5.74) is -1.15. The first-order valence-electron chi connectivity index (χ1n) is 12.5. The van der Waals surface area contributed by atoms with E-state index in [9.17, 15) is 19.5 Å². The number of nitrogens with one attached hydrogen (secondary N) is 1. The topological polar surface area (TPSA) is 90.0 Å². The van der Waals surface area contributed by atoms with Gasteiger partial charge in [0.1, 0.15) is 11.4 Å². The Balaban J connectivity index is 1.11. The number of Topliss-reactive ketones (excluding diaryl/α,β-unsaturated/α-hetero) is 1. The number of rotatable bonds is 3. The summed E-state index contributed by atoms with van der Waals surface area (Å²) in [6.45, 7) is 2.85. The lowest BCUT2D eigenvalue weighted by Gasteiger charge is -2.44. The van der Waals surface area contributed by atoms with E-state index >= 15 is 0 Å². The van der Waals surface area contributed by atoms with E-state index in [1.807, 2.05) is 0 Å². The summed E-state index contributed by atoms with van der Waals surface area (Å²) in [5, 5.41) is 13.8. The van der Waals surface area contributed by atoms with Gasteiger partial charge in [-0.2, -0.15) is 0 Å². The SMILES string of the molecule is O=C1CC(C2CNC3CCCCC3C2)CCC1C(=O)N1CCN(C(=O)C2(O)CC2)CC1. The predicted octanol–water partition coefficient (Wildman–Crippen LogP) is 1.34. The van der Waals surface area contributed by atoms with Crippen molar-refractivity contribution in [2.45, 2.75) is 75.9 Å². The van der Waals surface area contributed by atoms with Crippen LogP contribution in [0, 0.1) is 23.7 Å². The quantitative estimate of drug-likeness (QED) is 0.658. The fraction of sp³-hybridized carbons (Fsp3) is 0.875. The summed E-state index contributed by atoms with van der Waals surface area (Å²) in [6, 6.07) is 0.685. The molecule has 2 aliphatic heterocycles. The molecule has 7 heteroatoms. The van der Waals surface area contributed by atoms with Crippen molar-refractivity contribution in [2.75, 3.05) is 32.7 Å². The van der Waals surface area contributed by atoms with Crippen LogP contribution >= 0.6 is 0 Å². The maximum absolute atomic E-state index is 13.1. The molecule has 0 radical (unpaired) electrons. The lowest BCUT2D eigenvalue weighted by Crippen LogP contribution is -2.55. The molecule has 2 amide bonds. The van der Waals surface area contributed by atoms with E-state index in [1.54, 1.807) is 9.80 Å². The summed E-state index contributed by atoms with van der Waals surface area (Å²) in [5.74, 6) is 1.15. The molecule has 0 aromatic carbocycles. The summed E-state index contributed by atoms with van der Waals surface area (Å²) in [6.07, 6.45) is 9.83. The molecule has 5 aliphatic rings. The molecule has 0 spiro atoms. The van der Waals surface area contributed by atoms with Crippen LogP contribution in [0.25, 0.3) is 0 Å². The van der Waals surface area contributed by atoms with Crippen molar-refractivity contribution in [1.29, 1.82) is 0 Å². The van der Waals surface area contributed by atoms with Crippen LogP contribution in [0.15, 0.2) is 0 Å². The van der Waals surface area contributed by atoms with Crippen LogP contribution < -0.4 is 5.32 Å². The molecule has 31 heavy (non-hydrogen) atoms. The minimum absolute atomic E-state index is 0.0465. The van der Waals surface area contributed by atoms with E-state index in [1.165, 1.54) is 32.1 Å². The molecule has 0 aromatic heterocycles. The Hall–Kier alpha value is -1.47. The Morgan fingerprint density at radius 2 is 1.61 bits per heavy atom. The van der Waals surface area contributed by atoms with Gasteiger partial charge in [-0.1, -0.05) is 12.8 Å². The average molecular weight is 432 g/mol. The van der Waals surface area contributed by atoms with Crippen LogP contribution in [0.1, 0.15) is 64.2 Å². The van der Waals surface area contributed by atoms with Crippen molar-refractivity contribution < 1.29 is 19.5 Å². The number of nitrogens with zero attached hydrogens (tertiary/aromatic N) is 2. The molecule has 0 bridgehead atoms. The Labute approximate surface area is 184 Å². The number of carbonyl (C=O) groups excluding carboxylic acids is 3. The highest BCUT2D eigenvalue weighted by molar-refractivity contribution is 6.02. The van der Waals surface area contributed by atoms with Gasteiger partial charge in [-0.05, 0) is 69.2 Å². The summed E-state index contributed by atoms with van der Waals surface area (Å²) in [4.78, 5) is 41.8. The number of piperidine rings is 1. The first-order valence-corrected chi connectivity index (χ1v) is 12.5. The normalized spacial score (nSPS) is 37.8. The molecule has 172 valence electrons. The minimum atomic E-state index is -1.15. The number of fused-ring (bicyclic) bond motifs is 1.